The van der Waals surface area contributed by atoms with Crippen LogP contribution >= 0.6 is 11.6 Å². The summed E-state index contributed by atoms with van der Waals surface area (Å²) >= 11 is 6.01. The highest BCUT2D eigenvalue weighted by molar-refractivity contribution is 6.30. The van der Waals surface area contributed by atoms with Crippen LogP contribution in [0.15, 0.2) is 60.9 Å². The number of carbonyl (C=O) groups excluding carboxylic acids is 1. The molecule has 2 aromatic carbocycles. The summed E-state index contributed by atoms with van der Waals surface area (Å²) in [7, 11) is 0. The fraction of sp³-hybridized carbons (Fsp3) is 0.200. The van der Waals surface area contributed by atoms with Gasteiger partial charge >= 0.3 is 0 Å². The molecule has 5 nitrogen and oxygen atoms in total. The Morgan fingerprint density at radius 3 is 2.85 bits per heavy atom. The molecule has 0 aliphatic heterocycles. The van der Waals surface area contributed by atoms with Gasteiger partial charge in [0.1, 0.15) is 5.75 Å². The molecule has 134 valence electrons. The number of aromatic nitrogens is 2. The van der Waals surface area contributed by atoms with E-state index in [2.05, 4.69) is 10.4 Å². The number of amides is 1. The Labute approximate surface area is 157 Å². The van der Waals surface area contributed by atoms with Crippen LogP contribution in [0.5, 0.6) is 5.75 Å². The molecule has 3 aromatic rings. The van der Waals surface area contributed by atoms with Gasteiger partial charge in [-0.1, -0.05) is 29.8 Å². The lowest BCUT2D eigenvalue weighted by molar-refractivity contribution is 0.0940. The minimum absolute atomic E-state index is 0.155. The van der Waals surface area contributed by atoms with Crippen LogP contribution < -0.4 is 10.1 Å². The fourth-order valence-corrected chi connectivity index (χ4v) is 2.79. The zero-order chi connectivity index (χ0) is 18.5. The summed E-state index contributed by atoms with van der Waals surface area (Å²) < 4.78 is 7.14. The Kier molecular flexibility index (Phi) is 5.58. The summed E-state index contributed by atoms with van der Waals surface area (Å²) in [5.74, 6) is 0.604. The summed E-state index contributed by atoms with van der Waals surface area (Å²) in [5.41, 5.74) is 2.26. The van der Waals surface area contributed by atoms with Crippen molar-refractivity contribution in [3.05, 3.63) is 77.1 Å². The number of halogens is 1. The molecule has 1 atom stereocenters. The fourth-order valence-electron chi connectivity index (χ4n) is 2.60. The van der Waals surface area contributed by atoms with Gasteiger partial charge in [0.2, 0.25) is 0 Å². The number of benzene rings is 2. The molecule has 1 amide bonds. The number of hydrogen-bond acceptors (Lipinski definition) is 3. The molecule has 3 rings (SSSR count). The van der Waals surface area contributed by atoms with E-state index in [1.54, 1.807) is 29.2 Å². The average molecular weight is 370 g/mol. The van der Waals surface area contributed by atoms with E-state index >= 15 is 0 Å². The van der Waals surface area contributed by atoms with Gasteiger partial charge in [-0.3, -0.25) is 4.79 Å². The smallest absolute Gasteiger partial charge is 0.254 e. The third-order valence-electron chi connectivity index (χ3n) is 3.93. The summed E-state index contributed by atoms with van der Waals surface area (Å²) in [6.45, 7) is 4.48. The predicted molar refractivity (Wildman–Crippen MR) is 102 cm³/mol. The molecular formula is C20H20ClN3O2. The molecule has 6 heteroatoms. The Balaban J connectivity index is 1.71. The van der Waals surface area contributed by atoms with Crippen molar-refractivity contribution in [3.63, 3.8) is 0 Å². The van der Waals surface area contributed by atoms with E-state index in [1.165, 1.54) is 0 Å². The topological polar surface area (TPSA) is 56.1 Å². The lowest BCUT2D eigenvalue weighted by atomic mass is 10.1. The van der Waals surface area contributed by atoms with Crippen LogP contribution in [0.3, 0.4) is 0 Å². The van der Waals surface area contributed by atoms with Crippen LogP contribution in [0.1, 0.15) is 35.8 Å². The highest BCUT2D eigenvalue weighted by atomic mass is 35.5. The first-order valence-corrected chi connectivity index (χ1v) is 8.79. The van der Waals surface area contributed by atoms with Crippen molar-refractivity contribution in [2.75, 3.05) is 6.61 Å². The molecule has 1 N–H and O–H groups in total. The van der Waals surface area contributed by atoms with Crippen LogP contribution in [-0.4, -0.2) is 22.3 Å². The van der Waals surface area contributed by atoms with Gasteiger partial charge in [0.15, 0.2) is 0 Å². The van der Waals surface area contributed by atoms with Crippen molar-refractivity contribution in [2.45, 2.75) is 19.9 Å². The molecule has 1 heterocycles. The zero-order valence-corrected chi connectivity index (χ0v) is 15.4. The molecule has 0 bridgehead atoms. The van der Waals surface area contributed by atoms with Crippen LogP contribution in [0.2, 0.25) is 5.02 Å². The number of rotatable bonds is 6. The van der Waals surface area contributed by atoms with E-state index in [0.717, 1.165) is 17.0 Å². The van der Waals surface area contributed by atoms with Gasteiger partial charge in [-0.15, -0.1) is 0 Å². The van der Waals surface area contributed by atoms with Gasteiger partial charge in [-0.2, -0.15) is 5.10 Å². The maximum absolute atomic E-state index is 12.5. The van der Waals surface area contributed by atoms with E-state index in [4.69, 9.17) is 16.3 Å². The molecule has 0 spiro atoms. The highest BCUT2D eigenvalue weighted by Crippen LogP contribution is 2.20. The molecule has 0 aliphatic carbocycles. The summed E-state index contributed by atoms with van der Waals surface area (Å²) in [6, 6.07) is 14.9. The lowest BCUT2D eigenvalue weighted by Gasteiger charge is -2.15. The number of hydrogen-bond donors (Lipinski definition) is 1. The van der Waals surface area contributed by atoms with Gasteiger partial charge in [-0.25, -0.2) is 4.68 Å². The average Bonchev–Trinajstić information content (AvgIpc) is 3.12. The zero-order valence-electron chi connectivity index (χ0n) is 14.6. The quantitative estimate of drug-likeness (QED) is 0.700. The van der Waals surface area contributed by atoms with Crippen molar-refractivity contribution < 1.29 is 9.53 Å². The first-order chi connectivity index (χ1) is 12.6. The van der Waals surface area contributed by atoms with Gasteiger partial charge in [0.05, 0.1) is 30.1 Å². The van der Waals surface area contributed by atoms with Crippen LogP contribution in [-0.2, 0) is 0 Å². The van der Waals surface area contributed by atoms with E-state index in [0.29, 0.717) is 17.2 Å². The molecule has 0 saturated heterocycles. The summed E-state index contributed by atoms with van der Waals surface area (Å²) in [6.07, 6.45) is 3.23. The minimum Gasteiger partial charge on any atom is -0.494 e. The number of ether oxygens (including phenoxy) is 1. The maximum Gasteiger partial charge on any atom is 0.254 e. The van der Waals surface area contributed by atoms with Crippen LogP contribution in [0.4, 0.5) is 0 Å². The Bertz CT molecular complexity index is 907. The minimum atomic E-state index is -0.187. The van der Waals surface area contributed by atoms with Crippen molar-refractivity contribution in [3.8, 4) is 11.4 Å². The normalized spacial score (nSPS) is 11.8. The monoisotopic (exact) mass is 369 g/mol. The van der Waals surface area contributed by atoms with Gasteiger partial charge < -0.3 is 10.1 Å². The second-order valence-electron chi connectivity index (χ2n) is 5.85. The number of nitrogens with zero attached hydrogens (tertiary/aromatic N) is 2. The first-order valence-electron chi connectivity index (χ1n) is 8.41. The molecule has 0 radical (unpaired) electrons. The van der Waals surface area contributed by atoms with Crippen molar-refractivity contribution in [2.24, 2.45) is 0 Å². The second kappa shape index (κ2) is 8.06. The summed E-state index contributed by atoms with van der Waals surface area (Å²) in [5, 5.41) is 7.85. The SMILES string of the molecule is CCOc1cccc(C(C)NC(=O)c2cnn(-c3cccc(Cl)c3)c2)c1. The number of nitrogens with one attached hydrogen (secondary N) is 1. The number of carbonyl (C=O) groups is 1. The Hall–Kier alpha value is -2.79. The second-order valence-corrected chi connectivity index (χ2v) is 6.29. The van der Waals surface area contributed by atoms with E-state index in [-0.39, 0.29) is 11.9 Å². The van der Waals surface area contributed by atoms with Gasteiger partial charge in [-0.05, 0) is 49.7 Å². The maximum atomic E-state index is 12.5. The highest BCUT2D eigenvalue weighted by Gasteiger charge is 2.14. The third-order valence-corrected chi connectivity index (χ3v) is 4.17. The Morgan fingerprint density at radius 2 is 2.08 bits per heavy atom. The lowest BCUT2D eigenvalue weighted by Crippen LogP contribution is -2.26. The molecule has 0 fully saturated rings. The Morgan fingerprint density at radius 1 is 1.27 bits per heavy atom. The largest absolute Gasteiger partial charge is 0.494 e. The standard InChI is InChI=1S/C20H20ClN3O2/c1-3-26-19-9-4-6-15(10-19)14(2)23-20(25)16-12-22-24(13-16)18-8-5-7-17(21)11-18/h4-14H,3H2,1-2H3,(H,23,25). The third kappa shape index (κ3) is 4.24. The van der Waals surface area contributed by atoms with Crippen LogP contribution in [0, 0.1) is 0 Å². The van der Waals surface area contributed by atoms with Crippen molar-refractivity contribution >= 4 is 17.5 Å². The molecule has 26 heavy (non-hydrogen) atoms. The molecule has 0 saturated carbocycles. The van der Waals surface area contributed by atoms with E-state index in [9.17, 15) is 4.79 Å². The van der Waals surface area contributed by atoms with Gasteiger partial charge in [0.25, 0.3) is 5.91 Å². The first kappa shape index (κ1) is 18.0. The molecule has 1 aromatic heterocycles. The molecule has 1 unspecified atom stereocenters. The van der Waals surface area contributed by atoms with E-state index < -0.39 is 0 Å². The molecular weight excluding hydrogens is 350 g/mol. The van der Waals surface area contributed by atoms with Gasteiger partial charge in [0, 0.05) is 11.2 Å². The predicted octanol–water partition coefficient (Wildman–Crippen LogP) is 4.42. The van der Waals surface area contributed by atoms with Crippen molar-refractivity contribution in [1.29, 1.82) is 0 Å². The molecule has 0 aliphatic rings. The van der Waals surface area contributed by atoms with Crippen LogP contribution in [0.25, 0.3) is 5.69 Å². The van der Waals surface area contributed by atoms with E-state index in [1.807, 2.05) is 50.2 Å². The summed E-state index contributed by atoms with van der Waals surface area (Å²) in [4.78, 5) is 12.5. The van der Waals surface area contributed by atoms with Crippen molar-refractivity contribution in [1.82, 2.24) is 15.1 Å².